The molecule has 0 saturated heterocycles. The minimum Gasteiger partial charge on any atom is -0.460 e. The molecule has 0 aliphatic heterocycles. The Kier molecular flexibility index (Phi) is 4.86. The molecular weight excluding hydrogens is 228 g/mol. The van der Waals surface area contributed by atoms with Gasteiger partial charge in [-0.3, -0.25) is 4.79 Å². The lowest BCUT2D eigenvalue weighted by Crippen LogP contribution is -2.26. The highest BCUT2D eigenvalue weighted by Crippen LogP contribution is 2.06. The molecule has 0 radical (unpaired) electrons. The second-order valence-electron chi connectivity index (χ2n) is 3.05. The molecule has 17 heavy (non-hydrogen) atoms. The zero-order chi connectivity index (χ0) is 12.7. The molecule has 1 aromatic rings. The van der Waals surface area contributed by atoms with Crippen LogP contribution in [0.3, 0.4) is 0 Å². The molecule has 1 rings (SSSR count). The van der Waals surface area contributed by atoms with Crippen molar-refractivity contribution in [2.24, 2.45) is 0 Å². The fraction of sp³-hybridized carbons (Fsp3) is 0.400. The van der Waals surface area contributed by atoms with Gasteiger partial charge in [-0.2, -0.15) is 0 Å². The van der Waals surface area contributed by atoms with Crippen LogP contribution >= 0.6 is 0 Å². The molecule has 0 atom stereocenters. The van der Waals surface area contributed by atoms with Crippen molar-refractivity contribution >= 4 is 18.2 Å². The molecule has 1 heterocycles. The average Bonchev–Trinajstić information content (AvgIpc) is 2.75. The molecule has 0 aliphatic carbocycles. The molecule has 0 bridgehead atoms. The Morgan fingerprint density at radius 2 is 2.35 bits per heavy atom. The predicted molar refractivity (Wildman–Crippen MR) is 55.2 cm³/mol. The number of nitrogens with one attached hydrogen (secondary N) is 1. The van der Waals surface area contributed by atoms with Gasteiger partial charge in [0.15, 0.2) is 0 Å². The van der Waals surface area contributed by atoms with Gasteiger partial charge in [-0.05, 0) is 6.92 Å². The summed E-state index contributed by atoms with van der Waals surface area (Å²) in [5.74, 6) is -1.05. The summed E-state index contributed by atoms with van der Waals surface area (Å²) in [6.07, 6.45) is 0.515. The first-order chi connectivity index (χ1) is 8.17. The number of amides is 1. The topological polar surface area (TPSA) is 98.5 Å². The summed E-state index contributed by atoms with van der Waals surface area (Å²) in [6, 6.07) is 1.33. The van der Waals surface area contributed by atoms with Gasteiger partial charge in [-0.25, -0.2) is 4.79 Å². The van der Waals surface area contributed by atoms with Crippen molar-refractivity contribution < 1.29 is 23.6 Å². The number of hydrogen-bond acceptors (Lipinski definition) is 6. The Hall–Kier alpha value is -2.18. The van der Waals surface area contributed by atoms with Gasteiger partial charge in [0.2, 0.25) is 11.7 Å². The van der Waals surface area contributed by atoms with Crippen LogP contribution in [-0.4, -0.2) is 36.5 Å². The lowest BCUT2D eigenvalue weighted by molar-refractivity contribution is -0.122. The third-order valence-corrected chi connectivity index (χ3v) is 1.76. The van der Waals surface area contributed by atoms with Gasteiger partial charge in [0.25, 0.3) is 0 Å². The molecule has 1 N–H and O–H groups in total. The van der Waals surface area contributed by atoms with Crippen molar-refractivity contribution in [1.82, 2.24) is 10.5 Å². The van der Waals surface area contributed by atoms with Crippen LogP contribution in [0.2, 0.25) is 0 Å². The van der Waals surface area contributed by atoms with E-state index in [1.807, 2.05) is 0 Å². The second kappa shape index (κ2) is 6.41. The number of carbonyl (C=O) groups is 3. The third-order valence-electron chi connectivity index (χ3n) is 1.76. The van der Waals surface area contributed by atoms with Crippen LogP contribution in [0.5, 0.6) is 0 Å². The maximum Gasteiger partial charge on any atom is 0.377 e. The first kappa shape index (κ1) is 12.9. The van der Waals surface area contributed by atoms with Crippen molar-refractivity contribution in [3.63, 3.8) is 0 Å². The van der Waals surface area contributed by atoms with E-state index in [1.165, 1.54) is 6.07 Å². The van der Waals surface area contributed by atoms with E-state index in [-0.39, 0.29) is 31.2 Å². The van der Waals surface area contributed by atoms with Crippen molar-refractivity contribution in [1.29, 1.82) is 0 Å². The standard InChI is InChI=1S/C10H12N2O5/c1-2-16-10(15)8-5-7(12-17-8)6-9(14)11-3-4-13/h4-5H,2-3,6H2,1H3,(H,11,14). The molecule has 0 aliphatic rings. The lowest BCUT2D eigenvalue weighted by Gasteiger charge is -1.96. The van der Waals surface area contributed by atoms with Crippen LogP contribution in [0.4, 0.5) is 0 Å². The third kappa shape index (κ3) is 4.06. The largest absolute Gasteiger partial charge is 0.460 e. The number of aldehydes is 1. The molecule has 1 amide bonds. The predicted octanol–water partition coefficient (Wildman–Crippen LogP) is -0.291. The first-order valence-corrected chi connectivity index (χ1v) is 5.00. The molecule has 0 saturated carbocycles. The van der Waals surface area contributed by atoms with Crippen LogP contribution < -0.4 is 5.32 Å². The molecule has 0 fully saturated rings. The highest BCUT2D eigenvalue weighted by molar-refractivity contribution is 5.87. The SMILES string of the molecule is CCOC(=O)c1cc(CC(=O)NCC=O)no1. The minimum atomic E-state index is -0.625. The van der Waals surface area contributed by atoms with Crippen molar-refractivity contribution in [3.8, 4) is 0 Å². The number of rotatable bonds is 6. The molecule has 7 nitrogen and oxygen atoms in total. The van der Waals surface area contributed by atoms with Crippen LogP contribution in [0, 0.1) is 0 Å². The first-order valence-electron chi connectivity index (χ1n) is 5.00. The highest BCUT2D eigenvalue weighted by Gasteiger charge is 2.15. The Bertz CT molecular complexity index is 413. The number of ether oxygens (including phenoxy) is 1. The van der Waals surface area contributed by atoms with Gasteiger partial charge >= 0.3 is 5.97 Å². The Labute approximate surface area is 97.1 Å². The van der Waals surface area contributed by atoms with Crippen LogP contribution in [0.15, 0.2) is 10.6 Å². The van der Waals surface area contributed by atoms with E-state index in [0.29, 0.717) is 12.0 Å². The molecule has 7 heteroatoms. The highest BCUT2D eigenvalue weighted by atomic mass is 16.6. The summed E-state index contributed by atoms with van der Waals surface area (Å²) in [5, 5.41) is 5.88. The Morgan fingerprint density at radius 1 is 1.59 bits per heavy atom. The lowest BCUT2D eigenvalue weighted by atomic mass is 10.2. The van der Waals surface area contributed by atoms with Gasteiger partial charge < -0.3 is 19.4 Å². The minimum absolute atomic E-state index is 0.0509. The number of hydrogen-bond donors (Lipinski definition) is 1. The number of carbonyl (C=O) groups excluding carboxylic acids is 3. The summed E-state index contributed by atoms with van der Waals surface area (Å²) in [6.45, 7) is 1.85. The molecule has 0 aromatic carbocycles. The van der Waals surface area contributed by atoms with Crippen molar-refractivity contribution in [2.75, 3.05) is 13.2 Å². The quantitative estimate of drug-likeness (QED) is 0.542. The molecule has 1 aromatic heterocycles. The Balaban J connectivity index is 2.53. The number of nitrogens with zero attached hydrogens (tertiary/aromatic N) is 1. The maximum atomic E-state index is 11.2. The van der Waals surface area contributed by atoms with Crippen LogP contribution in [0.1, 0.15) is 23.2 Å². The summed E-state index contributed by atoms with van der Waals surface area (Å²) in [5.41, 5.74) is 0.302. The zero-order valence-corrected chi connectivity index (χ0v) is 9.26. The maximum absolute atomic E-state index is 11.2. The van der Waals surface area contributed by atoms with E-state index in [0.717, 1.165) is 0 Å². The average molecular weight is 240 g/mol. The smallest absolute Gasteiger partial charge is 0.377 e. The van der Waals surface area contributed by atoms with E-state index >= 15 is 0 Å². The monoisotopic (exact) mass is 240 g/mol. The van der Waals surface area contributed by atoms with Crippen molar-refractivity contribution in [3.05, 3.63) is 17.5 Å². The van der Waals surface area contributed by atoms with E-state index in [1.54, 1.807) is 6.92 Å². The summed E-state index contributed by atoms with van der Waals surface area (Å²) in [7, 11) is 0. The van der Waals surface area contributed by atoms with Gasteiger partial charge in [-0.15, -0.1) is 0 Å². The summed E-state index contributed by atoms with van der Waals surface area (Å²) >= 11 is 0. The number of aromatic nitrogens is 1. The van der Waals surface area contributed by atoms with E-state index < -0.39 is 5.97 Å². The summed E-state index contributed by atoms with van der Waals surface area (Å²) < 4.78 is 9.40. The summed E-state index contributed by atoms with van der Waals surface area (Å²) in [4.78, 5) is 32.4. The van der Waals surface area contributed by atoms with Crippen molar-refractivity contribution in [2.45, 2.75) is 13.3 Å². The van der Waals surface area contributed by atoms with E-state index in [9.17, 15) is 14.4 Å². The fourth-order valence-electron chi connectivity index (χ4n) is 1.08. The van der Waals surface area contributed by atoms with Gasteiger partial charge in [-0.1, -0.05) is 5.16 Å². The molecule has 92 valence electrons. The molecule has 0 spiro atoms. The zero-order valence-electron chi connectivity index (χ0n) is 9.26. The molecular formula is C10H12N2O5. The van der Waals surface area contributed by atoms with Crippen LogP contribution in [-0.2, 0) is 20.7 Å². The van der Waals surface area contributed by atoms with E-state index in [2.05, 4.69) is 10.5 Å². The Morgan fingerprint density at radius 3 is 3.00 bits per heavy atom. The molecule has 0 unspecified atom stereocenters. The van der Waals surface area contributed by atoms with E-state index in [4.69, 9.17) is 9.26 Å². The fourth-order valence-corrected chi connectivity index (χ4v) is 1.08. The normalized spacial score (nSPS) is 9.71. The van der Waals surface area contributed by atoms with Crippen LogP contribution in [0.25, 0.3) is 0 Å². The van der Waals surface area contributed by atoms with Gasteiger partial charge in [0.05, 0.1) is 25.3 Å². The van der Waals surface area contributed by atoms with Gasteiger partial charge in [0.1, 0.15) is 6.29 Å². The van der Waals surface area contributed by atoms with Gasteiger partial charge in [0, 0.05) is 6.07 Å². The second-order valence-corrected chi connectivity index (χ2v) is 3.05. The number of esters is 1.